The first-order valence-electron chi connectivity index (χ1n) is 4.28. The van der Waals surface area contributed by atoms with Crippen LogP contribution in [-0.4, -0.2) is 12.4 Å². The summed E-state index contributed by atoms with van der Waals surface area (Å²) in [6.07, 6.45) is 14.3. The van der Waals surface area contributed by atoms with Crippen molar-refractivity contribution in [2.75, 3.05) is 0 Å². The van der Waals surface area contributed by atoms with Crippen LogP contribution in [0.1, 0.15) is 0 Å². The first kappa shape index (κ1) is 8.50. The fraction of sp³-hybridized carbons (Fsp3) is 0. The molecule has 0 aromatic rings. The molecule has 0 amide bonds. The van der Waals surface area contributed by atoms with Gasteiger partial charge in [0, 0.05) is 24.8 Å². The van der Waals surface area contributed by atoms with Gasteiger partial charge in [0.1, 0.15) is 11.5 Å². The number of hydrogen-bond donors (Lipinski definition) is 2. The number of allylic oxidation sites excluding steroid dienone is 4. The lowest BCUT2D eigenvalue weighted by atomic mass is 10.4. The second kappa shape index (κ2) is 4.23. The van der Waals surface area contributed by atoms with E-state index >= 15 is 0 Å². The van der Waals surface area contributed by atoms with Crippen molar-refractivity contribution in [3.63, 3.8) is 0 Å². The SMILES string of the molecule is C1=CN=CC(=C2NC=CC=CN2)N=C1. The summed E-state index contributed by atoms with van der Waals surface area (Å²) in [6, 6.07) is 0. The molecule has 0 saturated carbocycles. The van der Waals surface area contributed by atoms with Crippen LogP contribution in [0.3, 0.4) is 0 Å². The van der Waals surface area contributed by atoms with E-state index in [0.29, 0.717) is 0 Å². The zero-order valence-corrected chi connectivity index (χ0v) is 7.51. The van der Waals surface area contributed by atoms with Crippen LogP contribution < -0.4 is 10.6 Å². The van der Waals surface area contributed by atoms with Crippen LogP contribution >= 0.6 is 0 Å². The van der Waals surface area contributed by atoms with E-state index in [-0.39, 0.29) is 0 Å². The topological polar surface area (TPSA) is 48.8 Å². The largest absolute Gasteiger partial charge is 0.346 e. The Morgan fingerprint density at radius 2 is 1.79 bits per heavy atom. The highest BCUT2D eigenvalue weighted by atomic mass is 15.1. The Morgan fingerprint density at radius 1 is 1.00 bits per heavy atom. The molecule has 70 valence electrons. The fourth-order valence-electron chi connectivity index (χ4n) is 1.05. The summed E-state index contributed by atoms with van der Waals surface area (Å²) in [5.41, 5.74) is 0.770. The second-order valence-electron chi connectivity index (χ2n) is 2.67. The monoisotopic (exact) mass is 186 g/mol. The maximum absolute atomic E-state index is 4.21. The third-order valence-corrected chi connectivity index (χ3v) is 1.68. The molecular formula is C10H10N4. The van der Waals surface area contributed by atoms with Gasteiger partial charge in [-0.2, -0.15) is 0 Å². The predicted molar refractivity (Wildman–Crippen MR) is 57.7 cm³/mol. The van der Waals surface area contributed by atoms with E-state index in [1.54, 1.807) is 24.7 Å². The molecule has 4 nitrogen and oxygen atoms in total. The summed E-state index contributed by atoms with van der Waals surface area (Å²) in [4.78, 5) is 8.26. The minimum Gasteiger partial charge on any atom is -0.346 e. The van der Waals surface area contributed by atoms with Crippen LogP contribution in [0.5, 0.6) is 0 Å². The zero-order valence-electron chi connectivity index (χ0n) is 7.51. The van der Waals surface area contributed by atoms with Crippen LogP contribution in [0.15, 0.2) is 58.3 Å². The second-order valence-corrected chi connectivity index (χ2v) is 2.67. The van der Waals surface area contributed by atoms with Gasteiger partial charge in [-0.15, -0.1) is 0 Å². The molecule has 2 aliphatic rings. The van der Waals surface area contributed by atoms with E-state index in [1.807, 2.05) is 24.6 Å². The number of rotatable bonds is 0. The van der Waals surface area contributed by atoms with Gasteiger partial charge in [-0.3, -0.25) is 9.98 Å². The van der Waals surface area contributed by atoms with Crippen LogP contribution in [0.2, 0.25) is 0 Å². The molecule has 2 N–H and O–H groups in total. The maximum atomic E-state index is 4.21. The molecule has 2 heterocycles. The normalized spacial score (nSPS) is 18.9. The molecule has 0 atom stereocenters. The number of hydrogen-bond acceptors (Lipinski definition) is 4. The molecule has 0 aliphatic carbocycles. The highest BCUT2D eigenvalue weighted by Gasteiger charge is 2.01. The smallest absolute Gasteiger partial charge is 0.135 e. The average molecular weight is 186 g/mol. The van der Waals surface area contributed by atoms with Crippen molar-refractivity contribution in [3.05, 3.63) is 48.3 Å². The summed E-state index contributed by atoms with van der Waals surface area (Å²) in [7, 11) is 0. The highest BCUT2D eigenvalue weighted by molar-refractivity contribution is 5.86. The summed E-state index contributed by atoms with van der Waals surface area (Å²) >= 11 is 0. The lowest BCUT2D eigenvalue weighted by molar-refractivity contribution is 0.902. The molecule has 0 unspecified atom stereocenters. The molecule has 0 radical (unpaired) electrons. The van der Waals surface area contributed by atoms with Crippen molar-refractivity contribution in [2.45, 2.75) is 0 Å². The molecule has 2 aliphatic heterocycles. The maximum Gasteiger partial charge on any atom is 0.135 e. The van der Waals surface area contributed by atoms with Crippen LogP contribution in [-0.2, 0) is 0 Å². The van der Waals surface area contributed by atoms with Crippen LogP contribution in [0.4, 0.5) is 0 Å². The molecule has 14 heavy (non-hydrogen) atoms. The number of nitrogens with zero attached hydrogens (tertiary/aromatic N) is 2. The molecule has 0 saturated heterocycles. The van der Waals surface area contributed by atoms with Gasteiger partial charge in [0.2, 0.25) is 0 Å². The summed E-state index contributed by atoms with van der Waals surface area (Å²) < 4.78 is 0. The molecule has 0 fully saturated rings. The minimum atomic E-state index is 0.770. The zero-order chi connectivity index (χ0) is 9.64. The standard InChI is InChI=1S/C10H10N4/c1-2-6-14-10(13-5-1)9-8-11-4-3-7-12-9/h1-8,13-14H. The van der Waals surface area contributed by atoms with Crippen molar-refractivity contribution in [2.24, 2.45) is 9.98 Å². The number of nitrogens with one attached hydrogen (secondary N) is 2. The van der Waals surface area contributed by atoms with Gasteiger partial charge < -0.3 is 10.6 Å². The van der Waals surface area contributed by atoms with Crippen molar-refractivity contribution in [1.29, 1.82) is 0 Å². The lowest BCUT2D eigenvalue weighted by Gasteiger charge is -2.06. The molecule has 0 aromatic carbocycles. The first-order chi connectivity index (χ1) is 6.97. The third-order valence-electron chi connectivity index (χ3n) is 1.68. The van der Waals surface area contributed by atoms with Crippen molar-refractivity contribution in [1.82, 2.24) is 10.6 Å². The van der Waals surface area contributed by atoms with Gasteiger partial charge in [0.25, 0.3) is 0 Å². The quantitative estimate of drug-likeness (QED) is 0.594. The van der Waals surface area contributed by atoms with Crippen molar-refractivity contribution < 1.29 is 0 Å². The molecule has 0 aromatic heterocycles. The highest BCUT2D eigenvalue weighted by Crippen LogP contribution is 2.02. The number of aliphatic imine (C=N–C) groups is 2. The molecule has 4 heteroatoms. The first-order valence-corrected chi connectivity index (χ1v) is 4.28. The van der Waals surface area contributed by atoms with Crippen molar-refractivity contribution >= 4 is 12.4 Å². The van der Waals surface area contributed by atoms with Gasteiger partial charge in [-0.25, -0.2) is 0 Å². The third kappa shape index (κ3) is 1.98. The Morgan fingerprint density at radius 3 is 2.57 bits per heavy atom. The van der Waals surface area contributed by atoms with E-state index < -0.39 is 0 Å². The average Bonchev–Trinajstić information content (AvgIpc) is 2.62. The van der Waals surface area contributed by atoms with Gasteiger partial charge >= 0.3 is 0 Å². The van der Waals surface area contributed by atoms with E-state index in [2.05, 4.69) is 20.6 Å². The Labute approximate surface area is 82.1 Å². The minimum absolute atomic E-state index is 0.770. The molecule has 0 spiro atoms. The van der Waals surface area contributed by atoms with Gasteiger partial charge in [0.05, 0.1) is 6.21 Å². The van der Waals surface area contributed by atoms with Gasteiger partial charge in [0.15, 0.2) is 0 Å². The fourth-order valence-corrected chi connectivity index (χ4v) is 1.05. The molecule has 2 rings (SSSR count). The Balaban J connectivity index is 2.29. The van der Waals surface area contributed by atoms with Crippen LogP contribution in [0.25, 0.3) is 0 Å². The predicted octanol–water partition coefficient (Wildman–Crippen LogP) is 1.04. The Kier molecular flexibility index (Phi) is 2.56. The van der Waals surface area contributed by atoms with Gasteiger partial charge in [-0.05, 0) is 18.2 Å². The Hall–Kier alpha value is -2.10. The van der Waals surface area contributed by atoms with Crippen LogP contribution in [0, 0.1) is 0 Å². The summed E-state index contributed by atoms with van der Waals surface area (Å²) in [5, 5.41) is 6.14. The summed E-state index contributed by atoms with van der Waals surface area (Å²) in [5.74, 6) is 0.818. The van der Waals surface area contributed by atoms with E-state index in [4.69, 9.17) is 0 Å². The molecule has 0 bridgehead atoms. The van der Waals surface area contributed by atoms with Gasteiger partial charge in [-0.1, -0.05) is 0 Å². The Bertz CT molecular complexity index is 349. The molecular weight excluding hydrogens is 176 g/mol. The van der Waals surface area contributed by atoms with E-state index in [0.717, 1.165) is 11.5 Å². The lowest BCUT2D eigenvalue weighted by Crippen LogP contribution is -2.19. The summed E-state index contributed by atoms with van der Waals surface area (Å²) in [6.45, 7) is 0. The van der Waals surface area contributed by atoms with E-state index in [9.17, 15) is 0 Å². The van der Waals surface area contributed by atoms with E-state index in [1.165, 1.54) is 0 Å². The van der Waals surface area contributed by atoms with Crippen molar-refractivity contribution in [3.8, 4) is 0 Å².